The van der Waals surface area contributed by atoms with Crippen LogP contribution in [-0.4, -0.2) is 41.0 Å². The van der Waals surface area contributed by atoms with Gasteiger partial charge in [-0.2, -0.15) is 0 Å². The number of hydrogen-bond donors (Lipinski definition) is 0. The second kappa shape index (κ2) is 14.1. The summed E-state index contributed by atoms with van der Waals surface area (Å²) in [5.74, 6) is 0.633. The number of carbonyl (C=O) groups excluding carboxylic acids is 1. The van der Waals surface area contributed by atoms with E-state index in [9.17, 15) is 14.9 Å². The number of aromatic nitrogens is 1. The second-order valence-corrected chi connectivity index (χ2v) is 10.6. The Labute approximate surface area is 246 Å². The Morgan fingerprint density at radius 1 is 1.00 bits per heavy atom. The van der Waals surface area contributed by atoms with Gasteiger partial charge in [-0.05, 0) is 61.7 Å². The van der Waals surface area contributed by atoms with Gasteiger partial charge in [-0.15, -0.1) is 0 Å². The number of rotatable bonds is 14. The Morgan fingerprint density at radius 2 is 1.67 bits per heavy atom. The van der Waals surface area contributed by atoms with Crippen LogP contribution in [0.4, 0.5) is 5.69 Å². The van der Waals surface area contributed by atoms with Gasteiger partial charge in [0.2, 0.25) is 0 Å². The third-order valence-corrected chi connectivity index (χ3v) is 7.45. The number of carbonyl (C=O) groups is 1. The van der Waals surface area contributed by atoms with Crippen molar-refractivity contribution in [2.75, 3.05) is 13.7 Å². The molecule has 4 aromatic rings. The summed E-state index contributed by atoms with van der Waals surface area (Å²) in [6.07, 6.45) is 4.37. The van der Waals surface area contributed by atoms with E-state index in [0.717, 1.165) is 59.6 Å². The highest BCUT2D eigenvalue weighted by Gasteiger charge is 2.19. The van der Waals surface area contributed by atoms with Crippen molar-refractivity contribution in [1.82, 2.24) is 4.57 Å². The molecular formula is C33H39N3O6. The maximum absolute atomic E-state index is 11.7. The molecule has 1 aromatic heterocycles. The maximum Gasteiger partial charge on any atom is 0.332 e. The molecule has 0 bridgehead atoms. The Morgan fingerprint density at radius 3 is 2.29 bits per heavy atom. The van der Waals surface area contributed by atoms with Crippen LogP contribution in [0.3, 0.4) is 0 Å². The third-order valence-electron chi connectivity index (χ3n) is 7.45. The van der Waals surface area contributed by atoms with Crippen LogP contribution in [-0.2, 0) is 20.9 Å². The fourth-order valence-electron chi connectivity index (χ4n) is 5.30. The van der Waals surface area contributed by atoms with Crippen LogP contribution in [0.1, 0.15) is 64.5 Å². The molecule has 3 aromatic carbocycles. The zero-order valence-corrected chi connectivity index (χ0v) is 25.0. The van der Waals surface area contributed by atoms with Crippen molar-refractivity contribution in [3.8, 4) is 5.75 Å². The summed E-state index contributed by atoms with van der Waals surface area (Å²) in [6, 6.07) is 18.4. The topological polar surface area (TPSA) is 105 Å². The number of non-ortho nitro benzene ring substituents is 1. The zero-order chi connectivity index (χ0) is 30.2. The van der Waals surface area contributed by atoms with E-state index < -0.39 is 5.97 Å². The molecule has 0 amide bonds. The van der Waals surface area contributed by atoms with E-state index >= 15 is 0 Å². The van der Waals surface area contributed by atoms with Crippen molar-refractivity contribution in [3.05, 3.63) is 81.9 Å². The summed E-state index contributed by atoms with van der Waals surface area (Å²) in [5.41, 5.74) is 3.89. The van der Waals surface area contributed by atoms with Crippen LogP contribution >= 0.6 is 0 Å². The van der Waals surface area contributed by atoms with Crippen LogP contribution in [0.5, 0.6) is 5.75 Å². The normalized spacial score (nSPS) is 13.3. The molecule has 0 saturated carbocycles. The highest BCUT2D eigenvalue weighted by Crippen LogP contribution is 2.34. The number of nitro benzene ring substituents is 1. The van der Waals surface area contributed by atoms with E-state index in [-0.39, 0.29) is 16.7 Å². The average Bonchev–Trinajstić information content (AvgIpc) is 3.28. The number of oxime groups is 1. The first kappa shape index (κ1) is 30.7. The molecule has 0 spiro atoms. The van der Waals surface area contributed by atoms with Crippen LogP contribution in [0, 0.1) is 16.0 Å². The molecule has 9 heteroatoms. The number of ether oxygens (including phenoxy) is 2. The molecule has 0 saturated heterocycles. The van der Waals surface area contributed by atoms with E-state index in [0.29, 0.717) is 29.5 Å². The molecule has 1 heterocycles. The van der Waals surface area contributed by atoms with E-state index in [1.165, 1.54) is 6.92 Å². The number of nitro groups is 1. The molecule has 2 unspecified atom stereocenters. The summed E-state index contributed by atoms with van der Waals surface area (Å²) in [7, 11) is 1.63. The largest absolute Gasteiger partial charge is 0.488 e. The predicted molar refractivity (Wildman–Crippen MR) is 165 cm³/mol. The Hall–Kier alpha value is -4.24. The first-order chi connectivity index (χ1) is 20.2. The summed E-state index contributed by atoms with van der Waals surface area (Å²) < 4.78 is 13.3. The van der Waals surface area contributed by atoms with Gasteiger partial charge in [-0.3, -0.25) is 10.1 Å². The molecule has 0 aliphatic carbocycles. The summed E-state index contributed by atoms with van der Waals surface area (Å²) >= 11 is 0. The minimum Gasteiger partial charge on any atom is -0.488 e. The van der Waals surface area contributed by atoms with Crippen molar-refractivity contribution in [1.29, 1.82) is 0 Å². The van der Waals surface area contributed by atoms with Gasteiger partial charge in [0.15, 0.2) is 0 Å². The van der Waals surface area contributed by atoms with Crippen molar-refractivity contribution in [2.24, 2.45) is 11.1 Å². The number of fused-ring (bicyclic) bond motifs is 3. The first-order valence-electron chi connectivity index (χ1n) is 14.5. The van der Waals surface area contributed by atoms with Gasteiger partial charge < -0.3 is 18.9 Å². The van der Waals surface area contributed by atoms with E-state index in [4.69, 9.17) is 14.3 Å². The minimum absolute atomic E-state index is 0.0390. The predicted octanol–water partition coefficient (Wildman–Crippen LogP) is 7.65. The second-order valence-electron chi connectivity index (χ2n) is 10.6. The molecule has 4 rings (SSSR count). The lowest BCUT2D eigenvalue weighted by Gasteiger charge is -2.17. The quantitative estimate of drug-likeness (QED) is 0.0664. The first-order valence-corrected chi connectivity index (χ1v) is 14.5. The number of benzene rings is 3. The SMILES string of the molecule is CCCCC(CC)Cn1c2ccc(/C(=N/OC(C)=O)c3ccc(OC(C)COC)cc3)cc2c2cc([N+](=O)[O-])ccc21. The number of methoxy groups -OCH3 is 1. The molecule has 0 aliphatic rings. The van der Waals surface area contributed by atoms with Gasteiger partial charge in [0.25, 0.3) is 5.69 Å². The molecule has 0 radical (unpaired) electrons. The van der Waals surface area contributed by atoms with Crippen LogP contribution < -0.4 is 4.74 Å². The van der Waals surface area contributed by atoms with Crippen molar-refractivity contribution in [2.45, 2.75) is 66.0 Å². The van der Waals surface area contributed by atoms with Gasteiger partial charge in [0, 0.05) is 65.6 Å². The lowest BCUT2D eigenvalue weighted by molar-refractivity contribution is -0.384. The van der Waals surface area contributed by atoms with Gasteiger partial charge in [0.05, 0.1) is 11.5 Å². The third kappa shape index (κ3) is 7.15. The average molecular weight is 574 g/mol. The maximum atomic E-state index is 11.7. The molecule has 0 N–H and O–H groups in total. The van der Waals surface area contributed by atoms with E-state index in [2.05, 4.69) is 23.6 Å². The van der Waals surface area contributed by atoms with Crippen molar-refractivity contribution in [3.63, 3.8) is 0 Å². The summed E-state index contributed by atoms with van der Waals surface area (Å²) in [5, 5.41) is 17.6. The van der Waals surface area contributed by atoms with E-state index in [1.54, 1.807) is 19.2 Å². The highest BCUT2D eigenvalue weighted by atomic mass is 16.7. The van der Waals surface area contributed by atoms with Crippen molar-refractivity contribution >= 4 is 39.2 Å². The van der Waals surface area contributed by atoms with Crippen LogP contribution in [0.2, 0.25) is 0 Å². The number of hydrogen-bond acceptors (Lipinski definition) is 7. The van der Waals surface area contributed by atoms with Gasteiger partial charge in [0.1, 0.15) is 17.6 Å². The number of unbranched alkanes of at least 4 members (excludes halogenated alkanes) is 1. The molecular weight excluding hydrogens is 534 g/mol. The summed E-state index contributed by atoms with van der Waals surface area (Å²) in [6.45, 7) is 8.92. The van der Waals surface area contributed by atoms with Crippen molar-refractivity contribution < 1.29 is 24.0 Å². The van der Waals surface area contributed by atoms with Crippen LogP contribution in [0.15, 0.2) is 65.8 Å². The zero-order valence-electron chi connectivity index (χ0n) is 25.0. The molecule has 9 nitrogen and oxygen atoms in total. The highest BCUT2D eigenvalue weighted by molar-refractivity contribution is 6.17. The smallest absolute Gasteiger partial charge is 0.332 e. The van der Waals surface area contributed by atoms with Crippen LogP contribution in [0.25, 0.3) is 21.8 Å². The molecule has 0 fully saturated rings. The molecule has 2 atom stereocenters. The summed E-state index contributed by atoms with van der Waals surface area (Å²) in [4.78, 5) is 28.1. The minimum atomic E-state index is -0.535. The molecule has 0 aliphatic heterocycles. The van der Waals surface area contributed by atoms with E-state index in [1.807, 2.05) is 55.5 Å². The number of nitrogens with zero attached hydrogens (tertiary/aromatic N) is 3. The lowest BCUT2D eigenvalue weighted by Crippen LogP contribution is -2.17. The Bertz CT molecular complexity index is 1570. The molecule has 42 heavy (non-hydrogen) atoms. The lowest BCUT2D eigenvalue weighted by atomic mass is 9.99. The monoisotopic (exact) mass is 573 g/mol. The molecule has 222 valence electrons. The Balaban J connectivity index is 1.83. The Kier molecular flexibility index (Phi) is 10.3. The van der Waals surface area contributed by atoms with Gasteiger partial charge in [-0.1, -0.05) is 44.3 Å². The van der Waals surface area contributed by atoms with Gasteiger partial charge in [-0.25, -0.2) is 4.79 Å². The fourth-order valence-corrected chi connectivity index (χ4v) is 5.30. The van der Waals surface area contributed by atoms with Gasteiger partial charge >= 0.3 is 5.97 Å². The fraction of sp³-hybridized carbons (Fsp3) is 0.394. The standard InChI is InChI=1S/C33H39N3O6/c1-6-8-9-24(7-2)20-35-31-16-12-26(18-29(31)30-19-27(36(38)39)13-17-32(30)35)33(34-42-23(4)37)25-10-14-28(15-11-25)41-22(3)21-40-5/h10-19,22,24H,6-9,20-21H2,1-5H3/b34-33+.